The molecule has 104 valence electrons. The lowest BCUT2D eigenvalue weighted by atomic mass is 9.97. The SMILES string of the molecule is CCCCNC(=O)C1(C)CCC(=O)N1CCCC. The van der Waals surface area contributed by atoms with Gasteiger partial charge in [-0.25, -0.2) is 0 Å². The molecule has 2 amide bonds. The molecule has 1 rings (SSSR count). The van der Waals surface area contributed by atoms with Crippen LogP contribution in [0, 0.1) is 0 Å². The Morgan fingerprint density at radius 2 is 2.00 bits per heavy atom. The zero-order valence-electron chi connectivity index (χ0n) is 11.9. The van der Waals surface area contributed by atoms with E-state index in [1.807, 2.05) is 6.92 Å². The molecule has 1 unspecified atom stereocenters. The van der Waals surface area contributed by atoms with Gasteiger partial charge < -0.3 is 10.2 Å². The van der Waals surface area contributed by atoms with Crippen LogP contribution in [0.25, 0.3) is 0 Å². The predicted molar refractivity (Wildman–Crippen MR) is 72.2 cm³/mol. The molecule has 0 aliphatic carbocycles. The van der Waals surface area contributed by atoms with Crippen LogP contribution in [0.3, 0.4) is 0 Å². The molecule has 1 atom stereocenters. The summed E-state index contributed by atoms with van der Waals surface area (Å²) in [7, 11) is 0. The van der Waals surface area contributed by atoms with E-state index >= 15 is 0 Å². The van der Waals surface area contributed by atoms with Crippen molar-refractivity contribution in [2.45, 2.75) is 64.8 Å². The van der Waals surface area contributed by atoms with Crippen molar-refractivity contribution < 1.29 is 9.59 Å². The first-order valence-electron chi connectivity index (χ1n) is 7.15. The molecule has 0 spiro atoms. The average Bonchev–Trinajstić information content (AvgIpc) is 2.64. The van der Waals surface area contributed by atoms with Crippen molar-refractivity contribution in [3.63, 3.8) is 0 Å². The normalized spacial score (nSPS) is 23.5. The van der Waals surface area contributed by atoms with Gasteiger partial charge in [0.25, 0.3) is 0 Å². The molecule has 0 bridgehead atoms. The van der Waals surface area contributed by atoms with Crippen LogP contribution < -0.4 is 5.32 Å². The van der Waals surface area contributed by atoms with Crippen molar-refractivity contribution in [2.75, 3.05) is 13.1 Å². The maximum atomic E-state index is 12.3. The number of unbranched alkanes of at least 4 members (excludes halogenated alkanes) is 2. The summed E-state index contributed by atoms with van der Waals surface area (Å²) in [6.45, 7) is 7.50. The van der Waals surface area contributed by atoms with E-state index in [4.69, 9.17) is 0 Å². The van der Waals surface area contributed by atoms with Crippen LogP contribution in [-0.4, -0.2) is 35.3 Å². The maximum absolute atomic E-state index is 12.3. The van der Waals surface area contributed by atoms with Crippen LogP contribution in [0.4, 0.5) is 0 Å². The number of carbonyl (C=O) groups excluding carboxylic acids is 2. The Kier molecular flexibility index (Phi) is 5.63. The fourth-order valence-electron chi connectivity index (χ4n) is 2.39. The van der Waals surface area contributed by atoms with Crippen LogP contribution >= 0.6 is 0 Å². The second kappa shape index (κ2) is 6.76. The predicted octanol–water partition coefficient (Wildman–Crippen LogP) is 2.08. The van der Waals surface area contributed by atoms with Gasteiger partial charge in [-0.15, -0.1) is 0 Å². The number of hydrogen-bond donors (Lipinski definition) is 1. The fourth-order valence-corrected chi connectivity index (χ4v) is 2.39. The topological polar surface area (TPSA) is 49.4 Å². The van der Waals surface area contributed by atoms with E-state index in [1.165, 1.54) is 0 Å². The van der Waals surface area contributed by atoms with Gasteiger partial charge in [-0.2, -0.15) is 0 Å². The average molecular weight is 254 g/mol. The highest BCUT2D eigenvalue weighted by Gasteiger charge is 2.46. The quantitative estimate of drug-likeness (QED) is 0.707. The summed E-state index contributed by atoms with van der Waals surface area (Å²) in [6, 6.07) is 0. The molecule has 0 radical (unpaired) electrons. The van der Waals surface area contributed by atoms with E-state index in [9.17, 15) is 9.59 Å². The Morgan fingerprint density at radius 1 is 1.33 bits per heavy atom. The molecule has 4 nitrogen and oxygen atoms in total. The first-order valence-corrected chi connectivity index (χ1v) is 7.15. The summed E-state index contributed by atoms with van der Waals surface area (Å²) >= 11 is 0. The van der Waals surface area contributed by atoms with E-state index in [0.29, 0.717) is 25.9 Å². The van der Waals surface area contributed by atoms with Crippen molar-refractivity contribution in [1.29, 1.82) is 0 Å². The van der Waals surface area contributed by atoms with Crippen molar-refractivity contribution in [3.8, 4) is 0 Å². The lowest BCUT2D eigenvalue weighted by Gasteiger charge is -2.34. The molecule has 0 aromatic heterocycles. The van der Waals surface area contributed by atoms with Crippen LogP contribution in [0.15, 0.2) is 0 Å². The van der Waals surface area contributed by atoms with Gasteiger partial charge in [0.15, 0.2) is 0 Å². The molecule has 1 aliphatic rings. The molecule has 0 saturated carbocycles. The monoisotopic (exact) mass is 254 g/mol. The molecule has 18 heavy (non-hydrogen) atoms. The van der Waals surface area contributed by atoms with Gasteiger partial charge in [0, 0.05) is 19.5 Å². The van der Waals surface area contributed by atoms with E-state index in [1.54, 1.807) is 4.90 Å². The summed E-state index contributed by atoms with van der Waals surface area (Å²) in [5.74, 6) is 0.134. The third-order valence-electron chi connectivity index (χ3n) is 3.76. The summed E-state index contributed by atoms with van der Waals surface area (Å²) in [5.41, 5.74) is -0.625. The van der Waals surface area contributed by atoms with Crippen molar-refractivity contribution >= 4 is 11.8 Å². The summed E-state index contributed by atoms with van der Waals surface area (Å²) < 4.78 is 0. The lowest BCUT2D eigenvalue weighted by molar-refractivity contribution is -0.140. The zero-order chi connectivity index (χ0) is 13.6. The van der Waals surface area contributed by atoms with Gasteiger partial charge >= 0.3 is 0 Å². The van der Waals surface area contributed by atoms with Crippen molar-refractivity contribution in [1.82, 2.24) is 10.2 Å². The largest absolute Gasteiger partial charge is 0.354 e. The van der Waals surface area contributed by atoms with Crippen LogP contribution in [0.2, 0.25) is 0 Å². The number of nitrogens with zero attached hydrogens (tertiary/aromatic N) is 1. The number of amides is 2. The Balaban J connectivity index is 2.63. The van der Waals surface area contributed by atoms with Crippen LogP contribution in [0.1, 0.15) is 59.3 Å². The first kappa shape index (κ1) is 15.0. The number of rotatable bonds is 7. The molecule has 4 heteroatoms. The summed E-state index contributed by atoms with van der Waals surface area (Å²) in [4.78, 5) is 25.9. The fraction of sp³-hybridized carbons (Fsp3) is 0.857. The van der Waals surface area contributed by atoms with Crippen molar-refractivity contribution in [2.24, 2.45) is 0 Å². The molecular formula is C14H26N2O2. The molecule has 1 aliphatic heterocycles. The minimum Gasteiger partial charge on any atom is -0.354 e. The van der Waals surface area contributed by atoms with Crippen LogP contribution in [0.5, 0.6) is 0 Å². The van der Waals surface area contributed by atoms with Crippen molar-refractivity contribution in [3.05, 3.63) is 0 Å². The zero-order valence-corrected chi connectivity index (χ0v) is 11.9. The minimum atomic E-state index is -0.625. The minimum absolute atomic E-state index is 0.0119. The van der Waals surface area contributed by atoms with Gasteiger partial charge in [0.05, 0.1) is 0 Å². The van der Waals surface area contributed by atoms with Gasteiger partial charge in [-0.05, 0) is 26.2 Å². The molecule has 1 N–H and O–H groups in total. The molecule has 1 fully saturated rings. The highest BCUT2D eigenvalue weighted by atomic mass is 16.2. The number of carbonyl (C=O) groups is 2. The third kappa shape index (κ3) is 3.24. The van der Waals surface area contributed by atoms with E-state index in [-0.39, 0.29) is 11.8 Å². The Morgan fingerprint density at radius 3 is 2.61 bits per heavy atom. The molecular weight excluding hydrogens is 228 g/mol. The number of nitrogens with one attached hydrogen (secondary N) is 1. The van der Waals surface area contributed by atoms with Gasteiger partial charge in [0.1, 0.15) is 5.54 Å². The van der Waals surface area contributed by atoms with Crippen LogP contribution in [-0.2, 0) is 9.59 Å². The highest BCUT2D eigenvalue weighted by Crippen LogP contribution is 2.30. The molecule has 1 heterocycles. The Hall–Kier alpha value is -1.06. The standard InChI is InChI=1S/C14H26N2O2/c1-4-6-10-15-13(18)14(3)9-8-12(17)16(14)11-7-5-2/h4-11H2,1-3H3,(H,15,18). The molecule has 1 saturated heterocycles. The summed E-state index contributed by atoms with van der Waals surface area (Å²) in [5, 5.41) is 2.96. The molecule has 0 aromatic rings. The highest BCUT2D eigenvalue weighted by molar-refractivity contribution is 5.94. The lowest BCUT2D eigenvalue weighted by Crippen LogP contribution is -2.54. The van der Waals surface area contributed by atoms with E-state index in [2.05, 4.69) is 19.2 Å². The van der Waals surface area contributed by atoms with Gasteiger partial charge in [0.2, 0.25) is 11.8 Å². The molecule has 0 aromatic carbocycles. The Labute approximate surface area is 110 Å². The van der Waals surface area contributed by atoms with E-state index in [0.717, 1.165) is 25.7 Å². The van der Waals surface area contributed by atoms with Gasteiger partial charge in [-0.1, -0.05) is 26.7 Å². The number of hydrogen-bond acceptors (Lipinski definition) is 2. The third-order valence-corrected chi connectivity index (χ3v) is 3.76. The Bertz CT molecular complexity index is 304. The maximum Gasteiger partial charge on any atom is 0.245 e. The first-order chi connectivity index (χ1) is 8.56. The number of likely N-dealkylation sites (tertiary alicyclic amines) is 1. The summed E-state index contributed by atoms with van der Waals surface area (Å²) in [6.07, 6.45) is 5.20. The van der Waals surface area contributed by atoms with E-state index < -0.39 is 5.54 Å². The van der Waals surface area contributed by atoms with Gasteiger partial charge in [-0.3, -0.25) is 9.59 Å². The second-order valence-corrected chi connectivity index (χ2v) is 5.28. The smallest absolute Gasteiger partial charge is 0.245 e. The second-order valence-electron chi connectivity index (χ2n) is 5.28.